The fraction of sp³-hybridized carbons (Fsp3) is 0.143. The number of carboxylic acid groups (broad SMARTS) is 1. The summed E-state index contributed by atoms with van der Waals surface area (Å²) in [5.74, 6) is -1.39. The zero-order valence-corrected chi connectivity index (χ0v) is 10.8. The van der Waals surface area contributed by atoms with Crippen molar-refractivity contribution in [2.24, 2.45) is 0 Å². The summed E-state index contributed by atoms with van der Waals surface area (Å²) >= 11 is 0. The molecule has 0 bridgehead atoms. The maximum atomic E-state index is 12.7. The Morgan fingerprint density at radius 1 is 1.24 bits per heavy atom. The molecule has 0 fully saturated rings. The molecule has 2 aromatic rings. The zero-order valence-electron chi connectivity index (χ0n) is 10.8. The molecule has 110 valence electrons. The Morgan fingerprint density at radius 3 is 2.43 bits per heavy atom. The van der Waals surface area contributed by atoms with E-state index in [1.807, 2.05) is 0 Å². The second kappa shape index (κ2) is 5.08. The Balaban J connectivity index is 2.56. The van der Waals surface area contributed by atoms with Gasteiger partial charge in [-0.15, -0.1) is 0 Å². The number of benzene rings is 1. The molecule has 1 heterocycles. The van der Waals surface area contributed by atoms with Crippen LogP contribution in [0.2, 0.25) is 0 Å². The number of nitrogens with zero attached hydrogens (tertiary/aromatic N) is 1. The van der Waals surface area contributed by atoms with Crippen molar-refractivity contribution >= 4 is 5.97 Å². The zero-order chi connectivity index (χ0) is 15.8. The minimum atomic E-state index is -4.49. The van der Waals surface area contributed by atoms with Crippen LogP contribution >= 0.6 is 0 Å². The molecule has 7 heteroatoms. The molecule has 0 unspecified atom stereocenters. The summed E-state index contributed by atoms with van der Waals surface area (Å²) < 4.78 is 38.1. The summed E-state index contributed by atoms with van der Waals surface area (Å²) in [6.07, 6.45) is -3.54. The number of hydrogen-bond acceptors (Lipinski definition) is 2. The van der Waals surface area contributed by atoms with Crippen molar-refractivity contribution in [2.75, 3.05) is 0 Å². The lowest BCUT2D eigenvalue weighted by Gasteiger charge is -2.10. The quantitative estimate of drug-likeness (QED) is 0.684. The van der Waals surface area contributed by atoms with Gasteiger partial charge in [-0.3, -0.25) is 0 Å². The largest absolute Gasteiger partial charge is 0.618 e. The van der Waals surface area contributed by atoms with Gasteiger partial charge in [-0.25, -0.2) is 4.79 Å². The Morgan fingerprint density at radius 2 is 1.90 bits per heavy atom. The molecule has 2 rings (SSSR count). The third kappa shape index (κ3) is 2.96. The van der Waals surface area contributed by atoms with Gasteiger partial charge in [-0.2, -0.15) is 17.9 Å². The van der Waals surface area contributed by atoms with Crippen LogP contribution in [-0.4, -0.2) is 11.1 Å². The third-order valence-corrected chi connectivity index (χ3v) is 2.95. The van der Waals surface area contributed by atoms with Gasteiger partial charge in [0.2, 0.25) is 0 Å². The van der Waals surface area contributed by atoms with Crippen molar-refractivity contribution in [3.8, 4) is 11.1 Å². The van der Waals surface area contributed by atoms with Crippen LogP contribution in [0.5, 0.6) is 0 Å². The highest BCUT2D eigenvalue weighted by atomic mass is 19.4. The van der Waals surface area contributed by atoms with Crippen LogP contribution in [0, 0.1) is 12.1 Å². The highest BCUT2D eigenvalue weighted by Gasteiger charge is 2.30. The number of rotatable bonds is 2. The number of pyridine rings is 1. The van der Waals surface area contributed by atoms with E-state index in [9.17, 15) is 23.2 Å². The van der Waals surface area contributed by atoms with E-state index >= 15 is 0 Å². The van der Waals surface area contributed by atoms with Gasteiger partial charge in [0.1, 0.15) is 0 Å². The second-order valence-corrected chi connectivity index (χ2v) is 4.47. The van der Waals surface area contributed by atoms with Crippen LogP contribution < -0.4 is 4.73 Å². The van der Waals surface area contributed by atoms with Crippen LogP contribution in [0.3, 0.4) is 0 Å². The van der Waals surface area contributed by atoms with E-state index in [4.69, 9.17) is 5.11 Å². The number of alkyl halides is 3. The number of aromatic carboxylic acids is 1. The molecule has 4 nitrogen and oxygen atoms in total. The molecule has 0 amide bonds. The smallest absolute Gasteiger partial charge is 0.416 e. The second-order valence-electron chi connectivity index (χ2n) is 4.47. The molecule has 0 aliphatic rings. The van der Waals surface area contributed by atoms with E-state index in [2.05, 4.69) is 0 Å². The first-order chi connectivity index (χ1) is 9.70. The van der Waals surface area contributed by atoms with Gasteiger partial charge in [0, 0.05) is 11.1 Å². The minimum Gasteiger partial charge on any atom is -0.618 e. The lowest BCUT2D eigenvalue weighted by Crippen LogP contribution is -2.35. The molecular formula is C14H10F3NO3. The fourth-order valence-corrected chi connectivity index (χ4v) is 2.00. The van der Waals surface area contributed by atoms with Crippen molar-refractivity contribution in [1.82, 2.24) is 0 Å². The molecule has 0 saturated carbocycles. The summed E-state index contributed by atoms with van der Waals surface area (Å²) in [6, 6.07) is 5.86. The number of carbonyl (C=O) groups is 1. The van der Waals surface area contributed by atoms with Gasteiger partial charge in [0.05, 0.1) is 5.56 Å². The van der Waals surface area contributed by atoms with Crippen molar-refractivity contribution in [3.63, 3.8) is 0 Å². The van der Waals surface area contributed by atoms with Gasteiger partial charge in [-0.1, -0.05) is 12.1 Å². The van der Waals surface area contributed by atoms with Gasteiger partial charge in [-0.05, 0) is 30.7 Å². The van der Waals surface area contributed by atoms with Gasteiger partial charge < -0.3 is 10.3 Å². The van der Waals surface area contributed by atoms with Gasteiger partial charge >= 0.3 is 17.8 Å². The third-order valence-electron chi connectivity index (χ3n) is 2.95. The summed E-state index contributed by atoms with van der Waals surface area (Å²) in [4.78, 5) is 10.9. The standard InChI is InChI=1S/C14H10F3NO3/c1-8-5-10(7-18(21)12(8)13(19)20)9-3-2-4-11(6-9)14(15,16)17/h2-7H,1H3,(H,19,20). The molecule has 0 radical (unpaired) electrons. The predicted molar refractivity (Wildman–Crippen MR) is 67.5 cm³/mol. The molecule has 1 N–H and O–H groups in total. The Labute approximate surface area is 117 Å². The average Bonchev–Trinajstić information content (AvgIpc) is 2.36. The molecule has 0 aliphatic carbocycles. The fourth-order valence-electron chi connectivity index (χ4n) is 2.00. The van der Waals surface area contributed by atoms with E-state index in [0.29, 0.717) is 0 Å². The number of aryl methyl sites for hydroxylation is 1. The summed E-state index contributed by atoms with van der Waals surface area (Å²) in [5, 5.41) is 20.6. The van der Waals surface area contributed by atoms with E-state index < -0.39 is 23.4 Å². The topological polar surface area (TPSA) is 64.2 Å². The Kier molecular flexibility index (Phi) is 3.59. The van der Waals surface area contributed by atoms with E-state index in [-0.39, 0.29) is 21.4 Å². The van der Waals surface area contributed by atoms with E-state index in [0.717, 1.165) is 18.3 Å². The van der Waals surface area contributed by atoms with Crippen LogP contribution in [-0.2, 0) is 6.18 Å². The Hall–Kier alpha value is -2.57. The van der Waals surface area contributed by atoms with Gasteiger partial charge in [0.15, 0.2) is 6.20 Å². The van der Waals surface area contributed by atoms with Crippen LogP contribution in [0.15, 0.2) is 36.5 Å². The lowest BCUT2D eigenvalue weighted by molar-refractivity contribution is -0.608. The number of hydrogen-bond donors (Lipinski definition) is 1. The first kappa shape index (κ1) is 14.8. The first-order valence-corrected chi connectivity index (χ1v) is 5.85. The molecular weight excluding hydrogens is 287 g/mol. The molecule has 0 atom stereocenters. The lowest BCUT2D eigenvalue weighted by atomic mass is 10.0. The van der Waals surface area contributed by atoms with Crippen molar-refractivity contribution in [3.05, 3.63) is 58.6 Å². The first-order valence-electron chi connectivity index (χ1n) is 5.85. The predicted octanol–water partition coefficient (Wildman–Crippen LogP) is 3.01. The summed E-state index contributed by atoms with van der Waals surface area (Å²) in [6.45, 7) is 1.41. The maximum absolute atomic E-state index is 12.7. The molecule has 1 aromatic heterocycles. The minimum absolute atomic E-state index is 0.146. The number of aromatic nitrogens is 1. The van der Waals surface area contributed by atoms with Crippen LogP contribution in [0.25, 0.3) is 11.1 Å². The summed E-state index contributed by atoms with van der Waals surface area (Å²) in [5.41, 5.74) is -0.705. The average molecular weight is 297 g/mol. The van der Waals surface area contributed by atoms with E-state index in [1.165, 1.54) is 25.1 Å². The molecule has 21 heavy (non-hydrogen) atoms. The van der Waals surface area contributed by atoms with Crippen LogP contribution in [0.1, 0.15) is 21.6 Å². The molecule has 0 spiro atoms. The van der Waals surface area contributed by atoms with Gasteiger partial charge in [0.25, 0.3) is 0 Å². The highest BCUT2D eigenvalue weighted by Crippen LogP contribution is 2.32. The summed E-state index contributed by atoms with van der Waals surface area (Å²) in [7, 11) is 0. The highest BCUT2D eigenvalue weighted by molar-refractivity contribution is 5.86. The van der Waals surface area contributed by atoms with Crippen molar-refractivity contribution < 1.29 is 27.8 Å². The maximum Gasteiger partial charge on any atom is 0.416 e. The van der Waals surface area contributed by atoms with Crippen molar-refractivity contribution in [2.45, 2.75) is 13.1 Å². The SMILES string of the molecule is Cc1cc(-c2cccc(C(F)(F)F)c2)c[n+]([O-])c1C(=O)O. The Bertz CT molecular complexity index is 688. The number of carboxylic acids is 1. The molecule has 0 saturated heterocycles. The van der Waals surface area contributed by atoms with Crippen molar-refractivity contribution in [1.29, 1.82) is 0 Å². The number of halogens is 3. The molecule has 0 aliphatic heterocycles. The monoisotopic (exact) mass is 297 g/mol. The molecule has 1 aromatic carbocycles. The normalized spacial score (nSPS) is 11.4. The van der Waals surface area contributed by atoms with E-state index in [1.54, 1.807) is 0 Å². The van der Waals surface area contributed by atoms with Crippen LogP contribution in [0.4, 0.5) is 13.2 Å².